The third-order valence-corrected chi connectivity index (χ3v) is 4.58. The molecule has 31 heavy (non-hydrogen) atoms. The molecule has 0 saturated heterocycles. The molecule has 8 heteroatoms. The average molecular weight is 417 g/mol. The van der Waals surface area contributed by atoms with Gasteiger partial charge in [0.2, 0.25) is 5.78 Å². The molecule has 0 saturated carbocycles. The van der Waals surface area contributed by atoms with Crippen molar-refractivity contribution in [3.05, 3.63) is 99.3 Å². The van der Waals surface area contributed by atoms with Crippen molar-refractivity contribution in [2.24, 2.45) is 0 Å². The molecule has 4 rings (SSSR count). The Hall–Kier alpha value is -4.46. The number of allylic oxidation sites excluding steroid dienone is 1. The first kappa shape index (κ1) is 19.8. The fraction of sp³-hybridized carbons (Fsp3) is 0.0435. The summed E-state index contributed by atoms with van der Waals surface area (Å²) in [6.07, 6.45) is 1.50. The van der Waals surface area contributed by atoms with Crippen LogP contribution in [0.1, 0.15) is 26.3 Å². The van der Waals surface area contributed by atoms with E-state index < -0.39 is 10.9 Å². The van der Waals surface area contributed by atoms with Gasteiger partial charge in [-0.3, -0.25) is 14.9 Å². The maximum Gasteiger partial charge on any atom is 0.343 e. The summed E-state index contributed by atoms with van der Waals surface area (Å²) in [5, 5.41) is 10.8. The van der Waals surface area contributed by atoms with E-state index in [1.54, 1.807) is 24.3 Å². The fourth-order valence-corrected chi connectivity index (χ4v) is 2.97. The Balaban J connectivity index is 1.51. The van der Waals surface area contributed by atoms with E-state index in [0.29, 0.717) is 22.4 Å². The number of nitro groups is 1. The van der Waals surface area contributed by atoms with Gasteiger partial charge < -0.3 is 14.2 Å². The second-order valence-corrected chi connectivity index (χ2v) is 6.56. The summed E-state index contributed by atoms with van der Waals surface area (Å²) in [4.78, 5) is 35.2. The number of methoxy groups -OCH3 is 1. The quantitative estimate of drug-likeness (QED) is 0.199. The third-order valence-electron chi connectivity index (χ3n) is 4.58. The zero-order chi connectivity index (χ0) is 22.0. The smallest absolute Gasteiger partial charge is 0.343 e. The molecule has 3 aromatic carbocycles. The van der Waals surface area contributed by atoms with Gasteiger partial charge in [0, 0.05) is 18.2 Å². The van der Waals surface area contributed by atoms with Crippen LogP contribution in [0.3, 0.4) is 0 Å². The van der Waals surface area contributed by atoms with E-state index in [1.165, 1.54) is 55.7 Å². The fourth-order valence-electron chi connectivity index (χ4n) is 2.97. The Morgan fingerprint density at radius 2 is 1.68 bits per heavy atom. The summed E-state index contributed by atoms with van der Waals surface area (Å²) < 4.78 is 16.1. The lowest BCUT2D eigenvalue weighted by molar-refractivity contribution is -0.384. The van der Waals surface area contributed by atoms with Crippen LogP contribution in [0.5, 0.6) is 17.2 Å². The molecule has 8 nitrogen and oxygen atoms in total. The molecule has 0 fully saturated rings. The van der Waals surface area contributed by atoms with Crippen LogP contribution in [-0.4, -0.2) is 23.8 Å². The van der Waals surface area contributed by atoms with Crippen LogP contribution in [0.25, 0.3) is 6.08 Å². The number of Topliss-reactive ketones (excluding diaryl/α,β-unsaturated/α-hetero) is 1. The number of nitrogens with zero attached hydrogens (tertiary/aromatic N) is 1. The summed E-state index contributed by atoms with van der Waals surface area (Å²) in [5.41, 5.74) is 1.20. The van der Waals surface area contributed by atoms with E-state index >= 15 is 0 Å². The lowest BCUT2D eigenvalue weighted by atomic mass is 10.1. The highest BCUT2D eigenvalue weighted by Crippen LogP contribution is 2.35. The minimum absolute atomic E-state index is 0.0487. The van der Waals surface area contributed by atoms with Crippen molar-refractivity contribution < 1.29 is 28.7 Å². The first-order valence-electron chi connectivity index (χ1n) is 9.13. The van der Waals surface area contributed by atoms with E-state index in [0.717, 1.165) is 0 Å². The first-order valence-corrected chi connectivity index (χ1v) is 9.13. The molecule has 1 aliphatic heterocycles. The number of nitro benzene ring substituents is 1. The number of ketones is 1. The van der Waals surface area contributed by atoms with E-state index in [2.05, 4.69) is 0 Å². The predicted octanol–water partition coefficient (Wildman–Crippen LogP) is 4.44. The molecular weight excluding hydrogens is 402 g/mol. The topological polar surface area (TPSA) is 105 Å². The minimum atomic E-state index is -0.562. The largest absolute Gasteiger partial charge is 0.497 e. The zero-order valence-corrected chi connectivity index (χ0v) is 16.2. The monoisotopic (exact) mass is 417 g/mol. The van der Waals surface area contributed by atoms with Gasteiger partial charge in [-0.05, 0) is 60.2 Å². The van der Waals surface area contributed by atoms with Crippen molar-refractivity contribution in [3.8, 4) is 17.2 Å². The Kier molecular flexibility index (Phi) is 5.19. The van der Waals surface area contributed by atoms with Crippen LogP contribution in [0.15, 0.2) is 72.5 Å². The number of non-ortho nitro benzene ring substituents is 1. The molecule has 3 aromatic rings. The van der Waals surface area contributed by atoms with Gasteiger partial charge in [0.25, 0.3) is 5.69 Å². The lowest BCUT2D eigenvalue weighted by Gasteiger charge is -2.06. The Labute approximate surface area is 176 Å². The lowest BCUT2D eigenvalue weighted by Crippen LogP contribution is -2.08. The van der Waals surface area contributed by atoms with Gasteiger partial charge in [0.1, 0.15) is 17.2 Å². The maximum atomic E-state index is 12.6. The normalized spacial score (nSPS) is 13.5. The van der Waals surface area contributed by atoms with Gasteiger partial charge in [0.05, 0.1) is 23.2 Å². The molecule has 0 bridgehead atoms. The Morgan fingerprint density at radius 3 is 2.32 bits per heavy atom. The summed E-state index contributed by atoms with van der Waals surface area (Å²) in [6, 6.07) is 16.7. The minimum Gasteiger partial charge on any atom is -0.497 e. The Bertz CT molecular complexity index is 1210. The number of hydrogen-bond acceptors (Lipinski definition) is 7. The van der Waals surface area contributed by atoms with Crippen molar-refractivity contribution in [1.82, 2.24) is 0 Å². The summed E-state index contributed by atoms with van der Waals surface area (Å²) in [7, 11) is 1.53. The van der Waals surface area contributed by atoms with Gasteiger partial charge in [-0.25, -0.2) is 4.79 Å². The molecule has 0 atom stereocenters. The Morgan fingerprint density at radius 1 is 1.00 bits per heavy atom. The molecular formula is C23H15NO7. The van der Waals surface area contributed by atoms with E-state index in [4.69, 9.17) is 14.2 Å². The summed E-state index contributed by atoms with van der Waals surface area (Å²) >= 11 is 0. The van der Waals surface area contributed by atoms with E-state index in [1.807, 2.05) is 0 Å². The highest BCUT2D eigenvalue weighted by Gasteiger charge is 2.28. The number of ether oxygens (including phenoxy) is 3. The van der Waals surface area contributed by atoms with E-state index in [-0.39, 0.29) is 28.7 Å². The number of carbonyl (C=O) groups is 2. The van der Waals surface area contributed by atoms with Crippen LogP contribution >= 0.6 is 0 Å². The van der Waals surface area contributed by atoms with Crippen molar-refractivity contribution in [1.29, 1.82) is 0 Å². The van der Waals surface area contributed by atoms with Gasteiger partial charge >= 0.3 is 5.97 Å². The number of rotatable bonds is 5. The SMILES string of the molecule is COc1ccc(C(=O)Oc2ccc3c(c2)OC(=Cc2ccc([N+](=O)[O-])cc2)C3=O)cc1. The van der Waals surface area contributed by atoms with Crippen LogP contribution < -0.4 is 14.2 Å². The van der Waals surface area contributed by atoms with Crippen molar-refractivity contribution >= 4 is 23.5 Å². The molecule has 0 unspecified atom stereocenters. The number of esters is 1. The predicted molar refractivity (Wildman–Crippen MR) is 110 cm³/mol. The molecule has 1 heterocycles. The standard InChI is InChI=1S/C23H15NO7/c1-29-17-8-4-15(5-9-17)23(26)30-18-10-11-19-20(13-18)31-21(22(19)25)12-14-2-6-16(7-3-14)24(27)28/h2-13H,1H3. The molecule has 0 spiro atoms. The number of hydrogen-bond donors (Lipinski definition) is 0. The van der Waals surface area contributed by atoms with E-state index in [9.17, 15) is 19.7 Å². The average Bonchev–Trinajstić information content (AvgIpc) is 3.08. The van der Waals surface area contributed by atoms with Gasteiger partial charge in [-0.2, -0.15) is 0 Å². The van der Waals surface area contributed by atoms with Crippen LogP contribution in [0, 0.1) is 10.1 Å². The van der Waals surface area contributed by atoms with Crippen molar-refractivity contribution in [2.75, 3.05) is 7.11 Å². The molecule has 0 aromatic heterocycles. The summed E-state index contributed by atoms with van der Waals surface area (Å²) in [5.74, 6) is 0.285. The number of carbonyl (C=O) groups excluding carboxylic acids is 2. The molecule has 0 amide bonds. The van der Waals surface area contributed by atoms with Crippen molar-refractivity contribution in [3.63, 3.8) is 0 Å². The molecule has 1 aliphatic rings. The highest BCUT2D eigenvalue weighted by atomic mass is 16.6. The molecule has 0 aliphatic carbocycles. The number of fused-ring (bicyclic) bond motifs is 1. The van der Waals surface area contributed by atoms with Crippen LogP contribution in [-0.2, 0) is 0 Å². The molecule has 154 valence electrons. The van der Waals surface area contributed by atoms with Crippen LogP contribution in [0.2, 0.25) is 0 Å². The van der Waals surface area contributed by atoms with Gasteiger partial charge in [0.15, 0.2) is 5.76 Å². The van der Waals surface area contributed by atoms with Gasteiger partial charge in [-0.15, -0.1) is 0 Å². The van der Waals surface area contributed by atoms with Gasteiger partial charge in [-0.1, -0.05) is 0 Å². The second kappa shape index (κ2) is 8.11. The molecule has 0 N–H and O–H groups in total. The third kappa shape index (κ3) is 4.13. The summed E-state index contributed by atoms with van der Waals surface area (Å²) in [6.45, 7) is 0. The van der Waals surface area contributed by atoms with Crippen LogP contribution in [0.4, 0.5) is 5.69 Å². The highest BCUT2D eigenvalue weighted by molar-refractivity contribution is 6.14. The molecule has 0 radical (unpaired) electrons. The first-order chi connectivity index (χ1) is 14.9. The second-order valence-electron chi connectivity index (χ2n) is 6.56. The zero-order valence-electron chi connectivity index (χ0n) is 16.2. The van der Waals surface area contributed by atoms with Crippen molar-refractivity contribution in [2.45, 2.75) is 0 Å². The maximum absolute atomic E-state index is 12.6. The number of benzene rings is 3.